The van der Waals surface area contributed by atoms with E-state index in [-0.39, 0.29) is 20.2 Å². The van der Waals surface area contributed by atoms with Gasteiger partial charge in [0.2, 0.25) is 0 Å². The second-order valence-electron chi connectivity index (χ2n) is 4.84. The average Bonchev–Trinajstić information content (AvgIpc) is 3.09. The van der Waals surface area contributed by atoms with Gasteiger partial charge in [0, 0.05) is 36.8 Å². The number of carbonyl (C=O) groups excluding carboxylic acids is 1. The Bertz CT molecular complexity index is 738. The molecule has 0 aliphatic heterocycles. The summed E-state index contributed by atoms with van der Waals surface area (Å²) in [6.07, 6.45) is 1.79. The number of H-pyrrole nitrogens is 1. The van der Waals surface area contributed by atoms with Gasteiger partial charge in [-0.25, -0.2) is 0 Å². The lowest BCUT2D eigenvalue weighted by atomic mass is 10.0. The zero-order valence-electron chi connectivity index (χ0n) is 15.8. The van der Waals surface area contributed by atoms with Crippen molar-refractivity contribution in [1.82, 2.24) is 4.98 Å². The Balaban J connectivity index is 0.00000108. The number of benzene rings is 2. The summed E-state index contributed by atoms with van der Waals surface area (Å²) in [7, 11) is 0. The number of aromatic nitrogens is 1. The van der Waals surface area contributed by atoms with Crippen LogP contribution in [0.25, 0.3) is 10.9 Å². The van der Waals surface area contributed by atoms with E-state index >= 15 is 0 Å². The molecule has 1 aromatic heterocycles. The van der Waals surface area contributed by atoms with E-state index in [4.69, 9.17) is 0 Å². The first-order valence-electron chi connectivity index (χ1n) is 8.67. The molecular weight excluding hydrogens is 307 g/mol. The highest BCUT2D eigenvalue weighted by Crippen LogP contribution is 2.20. The van der Waals surface area contributed by atoms with Gasteiger partial charge in [-0.2, -0.15) is 0 Å². The largest absolute Gasteiger partial charge is 0.375 e. The lowest BCUT2D eigenvalue weighted by Crippen LogP contribution is -2.25. The molecule has 0 fully saturated rings. The highest BCUT2D eigenvalue weighted by Gasteiger charge is 2.18. The molecule has 3 rings (SSSR count). The summed E-state index contributed by atoms with van der Waals surface area (Å²) in [5.74, 6) is 0.0892. The SMILES string of the molecule is CC.CC.CC(Nc1ccccc1)C(=O)c1c[nH]c2ccccc12.[B]. The Kier molecular flexibility index (Phi) is 10.8. The van der Waals surface area contributed by atoms with Gasteiger partial charge in [-0.1, -0.05) is 64.1 Å². The van der Waals surface area contributed by atoms with Crippen molar-refractivity contribution in [2.75, 3.05) is 5.32 Å². The molecule has 0 spiro atoms. The van der Waals surface area contributed by atoms with E-state index in [0.717, 1.165) is 22.2 Å². The van der Waals surface area contributed by atoms with Gasteiger partial charge in [0.25, 0.3) is 0 Å². The minimum Gasteiger partial charge on any atom is -0.375 e. The normalized spacial score (nSPS) is 10.3. The molecule has 1 heterocycles. The van der Waals surface area contributed by atoms with Crippen molar-refractivity contribution in [3.63, 3.8) is 0 Å². The van der Waals surface area contributed by atoms with Gasteiger partial charge in [-0.3, -0.25) is 4.79 Å². The second-order valence-corrected chi connectivity index (χ2v) is 4.84. The van der Waals surface area contributed by atoms with Crippen LogP contribution in [0, 0.1) is 0 Å². The third-order valence-corrected chi connectivity index (χ3v) is 3.40. The number of ketones is 1. The fourth-order valence-corrected chi connectivity index (χ4v) is 2.36. The van der Waals surface area contributed by atoms with Crippen molar-refractivity contribution >= 4 is 30.8 Å². The molecule has 0 saturated carbocycles. The van der Waals surface area contributed by atoms with E-state index in [1.54, 1.807) is 6.20 Å². The minimum atomic E-state index is -0.267. The van der Waals surface area contributed by atoms with E-state index in [0.29, 0.717) is 0 Å². The van der Waals surface area contributed by atoms with E-state index in [9.17, 15) is 4.79 Å². The van der Waals surface area contributed by atoms with E-state index in [1.165, 1.54) is 0 Å². The molecule has 131 valence electrons. The summed E-state index contributed by atoms with van der Waals surface area (Å²) in [5, 5.41) is 4.20. The third-order valence-electron chi connectivity index (χ3n) is 3.40. The highest BCUT2D eigenvalue weighted by molar-refractivity contribution is 6.11. The van der Waals surface area contributed by atoms with Crippen LogP contribution in [-0.2, 0) is 0 Å². The zero-order valence-corrected chi connectivity index (χ0v) is 15.8. The van der Waals surface area contributed by atoms with Crippen LogP contribution < -0.4 is 5.32 Å². The quantitative estimate of drug-likeness (QED) is 0.487. The molecule has 0 saturated heterocycles. The van der Waals surface area contributed by atoms with Crippen LogP contribution in [0.1, 0.15) is 45.0 Å². The predicted octanol–water partition coefficient (Wildman–Crippen LogP) is 5.52. The summed E-state index contributed by atoms with van der Waals surface area (Å²) < 4.78 is 0. The van der Waals surface area contributed by atoms with Gasteiger partial charge in [0.1, 0.15) is 0 Å². The van der Waals surface area contributed by atoms with Crippen LogP contribution >= 0.6 is 0 Å². The second kappa shape index (κ2) is 12.0. The number of fused-ring (bicyclic) bond motifs is 1. The van der Waals surface area contributed by atoms with Crippen molar-refractivity contribution in [1.29, 1.82) is 0 Å². The van der Waals surface area contributed by atoms with Crippen molar-refractivity contribution in [2.24, 2.45) is 0 Å². The van der Waals surface area contributed by atoms with Crippen LogP contribution in [0.2, 0.25) is 0 Å². The summed E-state index contributed by atoms with van der Waals surface area (Å²) in [6.45, 7) is 9.89. The molecule has 3 aromatic rings. The fraction of sp³-hybridized carbons (Fsp3) is 0.286. The number of hydrogen-bond acceptors (Lipinski definition) is 2. The smallest absolute Gasteiger partial charge is 0.186 e. The van der Waals surface area contributed by atoms with Crippen LogP contribution in [0.3, 0.4) is 0 Å². The summed E-state index contributed by atoms with van der Waals surface area (Å²) in [4.78, 5) is 15.7. The first-order valence-corrected chi connectivity index (χ1v) is 8.67. The number of nitrogens with one attached hydrogen (secondary N) is 2. The summed E-state index contributed by atoms with van der Waals surface area (Å²) in [6, 6.07) is 17.3. The highest BCUT2D eigenvalue weighted by atomic mass is 16.1. The number of carbonyl (C=O) groups is 1. The third kappa shape index (κ3) is 5.82. The van der Waals surface area contributed by atoms with Crippen molar-refractivity contribution in [3.05, 3.63) is 66.4 Å². The van der Waals surface area contributed by atoms with Crippen molar-refractivity contribution in [3.8, 4) is 0 Å². The minimum absolute atomic E-state index is 0. The number of Topliss-reactive ketones (excluding diaryl/α,β-unsaturated/α-hetero) is 1. The zero-order chi connectivity index (χ0) is 17.9. The molecule has 2 N–H and O–H groups in total. The monoisotopic (exact) mass is 335 g/mol. The van der Waals surface area contributed by atoms with Gasteiger partial charge in [0.15, 0.2) is 5.78 Å². The van der Waals surface area contributed by atoms with Crippen LogP contribution in [0.4, 0.5) is 5.69 Å². The van der Waals surface area contributed by atoms with Gasteiger partial charge in [-0.15, -0.1) is 0 Å². The summed E-state index contributed by atoms with van der Waals surface area (Å²) >= 11 is 0. The van der Waals surface area contributed by atoms with Gasteiger partial charge >= 0.3 is 0 Å². The van der Waals surface area contributed by atoms with E-state index in [1.807, 2.05) is 89.2 Å². The molecule has 0 aliphatic carbocycles. The first kappa shape index (κ1) is 22.5. The molecule has 0 amide bonds. The van der Waals surface area contributed by atoms with Gasteiger partial charge in [0.05, 0.1) is 6.04 Å². The molecule has 4 heteroatoms. The van der Waals surface area contributed by atoms with Crippen molar-refractivity contribution < 1.29 is 4.79 Å². The summed E-state index contributed by atoms with van der Waals surface area (Å²) in [5.41, 5.74) is 2.67. The van der Waals surface area contributed by atoms with Crippen LogP contribution in [-0.4, -0.2) is 25.2 Å². The lowest BCUT2D eigenvalue weighted by molar-refractivity contribution is 0.0977. The lowest BCUT2D eigenvalue weighted by Gasteiger charge is -2.13. The molecule has 1 unspecified atom stereocenters. The fourth-order valence-electron chi connectivity index (χ4n) is 2.36. The molecule has 1 atom stereocenters. The Morgan fingerprint density at radius 2 is 1.48 bits per heavy atom. The molecule has 25 heavy (non-hydrogen) atoms. The van der Waals surface area contributed by atoms with Crippen LogP contribution in [0.5, 0.6) is 0 Å². The predicted molar refractivity (Wildman–Crippen MR) is 111 cm³/mol. The molecule has 3 radical (unpaired) electrons. The molecule has 2 aromatic carbocycles. The number of hydrogen-bond donors (Lipinski definition) is 2. The molecule has 3 nitrogen and oxygen atoms in total. The molecule has 0 bridgehead atoms. The number of rotatable bonds is 4. The van der Waals surface area contributed by atoms with Crippen molar-refractivity contribution in [2.45, 2.75) is 40.7 Å². The number of aromatic amines is 1. The van der Waals surface area contributed by atoms with Gasteiger partial charge in [-0.05, 0) is 25.1 Å². The number of para-hydroxylation sites is 2. The maximum Gasteiger partial charge on any atom is 0.186 e. The molecular formula is C21H28BN2O. The van der Waals surface area contributed by atoms with E-state index in [2.05, 4.69) is 10.3 Å². The van der Waals surface area contributed by atoms with Gasteiger partial charge < -0.3 is 10.3 Å². The van der Waals surface area contributed by atoms with E-state index < -0.39 is 0 Å². The Hall–Kier alpha value is -2.49. The first-order chi connectivity index (χ1) is 11.8. The average molecular weight is 335 g/mol. The van der Waals surface area contributed by atoms with Crippen LogP contribution in [0.15, 0.2) is 60.8 Å². The maximum absolute atomic E-state index is 12.5. The topological polar surface area (TPSA) is 44.9 Å². The maximum atomic E-state index is 12.5. The Morgan fingerprint density at radius 1 is 0.920 bits per heavy atom. The Morgan fingerprint density at radius 3 is 2.12 bits per heavy atom. The Labute approximate surface area is 153 Å². The number of anilines is 1. The standard InChI is InChI=1S/C17H16N2O.2C2H6.B/c1-12(19-13-7-3-2-4-8-13)17(20)15-11-18-16-10-6-5-9-14(15)16;2*1-2;/h2-12,18-19H,1H3;2*1-2H3;. The molecule has 0 aliphatic rings.